The van der Waals surface area contributed by atoms with Crippen LogP contribution in [0.15, 0.2) is 24.3 Å². The summed E-state index contributed by atoms with van der Waals surface area (Å²) < 4.78 is 68.8. The van der Waals surface area contributed by atoms with Gasteiger partial charge >= 0.3 is 39.5 Å². The lowest BCUT2D eigenvalue weighted by atomic mass is 9.99. The van der Waals surface area contributed by atoms with Gasteiger partial charge in [0.1, 0.15) is 19.3 Å². The second kappa shape index (κ2) is 75.9. The second-order valence-electron chi connectivity index (χ2n) is 30.6. The van der Waals surface area contributed by atoms with Gasteiger partial charge in [-0.25, -0.2) is 9.13 Å². The van der Waals surface area contributed by atoms with Crippen LogP contribution < -0.4 is 0 Å². The molecule has 3 N–H and O–H groups in total. The van der Waals surface area contributed by atoms with Crippen molar-refractivity contribution in [2.24, 2.45) is 11.8 Å². The summed E-state index contributed by atoms with van der Waals surface area (Å²) in [5, 5.41) is 10.7. The molecule has 0 aromatic rings. The molecule has 104 heavy (non-hydrogen) atoms. The highest BCUT2D eigenvalue weighted by Crippen LogP contribution is 2.45. The topological polar surface area (TPSA) is 237 Å². The Kier molecular flexibility index (Phi) is 74.1. The molecule has 0 aliphatic carbocycles. The average molecular weight is 1520 g/mol. The summed E-state index contributed by atoms with van der Waals surface area (Å²) in [6.45, 7) is 9.68. The number of esters is 4. The van der Waals surface area contributed by atoms with E-state index in [1.165, 1.54) is 231 Å². The summed E-state index contributed by atoms with van der Waals surface area (Å²) in [4.78, 5) is 73.2. The molecule has 0 aromatic carbocycles. The fourth-order valence-electron chi connectivity index (χ4n) is 12.7. The van der Waals surface area contributed by atoms with Crippen LogP contribution in [0.3, 0.4) is 0 Å². The lowest BCUT2D eigenvalue weighted by Gasteiger charge is -2.21. The number of hydrogen-bond donors (Lipinski definition) is 3. The number of phosphoric ester groups is 2. The van der Waals surface area contributed by atoms with Crippen LogP contribution in [0.5, 0.6) is 0 Å². The van der Waals surface area contributed by atoms with E-state index in [9.17, 15) is 43.2 Å². The minimum absolute atomic E-state index is 0.0856. The number of allylic oxidation sites excluding steroid dienone is 4. The number of hydrogen-bond acceptors (Lipinski definition) is 15. The molecule has 17 nitrogen and oxygen atoms in total. The number of carbonyl (C=O) groups excluding carboxylic acids is 4. The number of ether oxygens (including phenoxy) is 4. The molecule has 0 bridgehead atoms. The van der Waals surface area contributed by atoms with Gasteiger partial charge in [0.05, 0.1) is 26.4 Å². The monoisotopic (exact) mass is 1520 g/mol. The molecule has 0 fully saturated rings. The molecule has 0 aliphatic heterocycles. The first-order chi connectivity index (χ1) is 50.4. The van der Waals surface area contributed by atoms with E-state index in [4.69, 9.17) is 37.0 Å². The quantitative estimate of drug-likeness (QED) is 0.0169. The zero-order valence-electron chi connectivity index (χ0n) is 67.8. The van der Waals surface area contributed by atoms with Crippen molar-refractivity contribution < 1.29 is 80.2 Å². The molecule has 0 aliphatic rings. The van der Waals surface area contributed by atoms with Crippen LogP contribution in [-0.4, -0.2) is 96.7 Å². The third kappa shape index (κ3) is 76.3. The van der Waals surface area contributed by atoms with E-state index in [0.29, 0.717) is 25.7 Å². The average Bonchev–Trinajstić information content (AvgIpc) is 1.06. The van der Waals surface area contributed by atoms with Gasteiger partial charge in [-0.3, -0.25) is 37.3 Å². The molecule has 3 unspecified atom stereocenters. The zero-order chi connectivity index (χ0) is 76.4. The maximum Gasteiger partial charge on any atom is 0.472 e. The number of carbonyl (C=O) groups is 4. The van der Waals surface area contributed by atoms with Crippen molar-refractivity contribution in [3.05, 3.63) is 24.3 Å². The molecule has 0 saturated carbocycles. The van der Waals surface area contributed by atoms with Gasteiger partial charge in [0.15, 0.2) is 12.2 Å². The lowest BCUT2D eigenvalue weighted by Crippen LogP contribution is -2.30. The van der Waals surface area contributed by atoms with Gasteiger partial charge in [0.25, 0.3) is 0 Å². The first kappa shape index (κ1) is 102. The number of aliphatic hydroxyl groups excluding tert-OH is 1. The predicted octanol–water partition coefficient (Wildman–Crippen LogP) is 25.4. The van der Waals surface area contributed by atoms with E-state index in [0.717, 1.165) is 115 Å². The Morgan fingerprint density at radius 2 is 0.567 bits per heavy atom. The van der Waals surface area contributed by atoms with Crippen LogP contribution >= 0.6 is 15.6 Å². The maximum atomic E-state index is 13.1. The van der Waals surface area contributed by atoms with Crippen molar-refractivity contribution in [2.45, 2.75) is 445 Å². The Balaban J connectivity index is 5.30. The molecule has 0 rings (SSSR count). The largest absolute Gasteiger partial charge is 0.472 e. The molecular weight excluding hydrogens is 1350 g/mol. The lowest BCUT2D eigenvalue weighted by molar-refractivity contribution is -0.161. The Hall–Kier alpha value is -2.46. The summed E-state index contributed by atoms with van der Waals surface area (Å²) in [5.41, 5.74) is 0. The molecule has 0 amide bonds. The summed E-state index contributed by atoms with van der Waals surface area (Å²) in [5.74, 6) is -0.482. The van der Waals surface area contributed by atoms with Crippen molar-refractivity contribution in [2.75, 3.05) is 39.6 Å². The van der Waals surface area contributed by atoms with Gasteiger partial charge in [0, 0.05) is 25.7 Å². The Morgan fingerprint density at radius 1 is 0.317 bits per heavy atom. The van der Waals surface area contributed by atoms with E-state index in [2.05, 4.69) is 65.8 Å². The van der Waals surface area contributed by atoms with E-state index >= 15 is 0 Å². The normalized spacial score (nSPS) is 14.2. The second-order valence-corrected chi connectivity index (χ2v) is 33.5. The first-order valence-corrected chi connectivity index (χ1v) is 46.3. The van der Waals surface area contributed by atoms with Crippen LogP contribution in [0.2, 0.25) is 0 Å². The number of phosphoric acid groups is 2. The number of aliphatic hydroxyl groups is 1. The standard InChI is InChI=1S/C85H162O17P2/c1-7-10-12-14-16-18-20-22-24-33-39-45-51-57-63-69-84(89)101-80(73-95-82(87)67-61-55-49-43-37-29-21-19-17-15-13-11-8-2)75-99-103(91,92)97-71-79(86)72-98-104(93,94)100-76-81(102-85(90)70-64-58-52-46-40-34-26-23-25-30-35-41-47-53-59-65-77(4)5)74-96-83(88)68-62-56-50-44-38-32-28-27-31-36-42-48-54-60-66-78(6)9-3/h18,20,22,24,77-81,86H,7-17,19,21,23,25-76H2,1-6H3,(H,91,92)(H,93,94)/b20-18-,24-22-/t78?,79-,80+,81+/m0/s1. The van der Waals surface area contributed by atoms with Gasteiger partial charge in [0.2, 0.25) is 0 Å². The minimum atomic E-state index is -4.97. The molecule has 0 spiro atoms. The predicted molar refractivity (Wildman–Crippen MR) is 427 cm³/mol. The van der Waals surface area contributed by atoms with E-state index in [1.54, 1.807) is 0 Å². The van der Waals surface area contributed by atoms with Crippen molar-refractivity contribution >= 4 is 39.5 Å². The maximum absolute atomic E-state index is 13.1. The summed E-state index contributed by atoms with van der Waals surface area (Å²) in [7, 11) is -9.94. The van der Waals surface area contributed by atoms with Crippen LogP contribution in [0.4, 0.5) is 0 Å². The smallest absolute Gasteiger partial charge is 0.462 e. The fourth-order valence-corrected chi connectivity index (χ4v) is 14.3. The summed E-state index contributed by atoms with van der Waals surface area (Å²) in [6, 6.07) is 0. The van der Waals surface area contributed by atoms with Crippen molar-refractivity contribution in [3.8, 4) is 0 Å². The minimum Gasteiger partial charge on any atom is -0.462 e. The van der Waals surface area contributed by atoms with Crippen molar-refractivity contribution in [1.82, 2.24) is 0 Å². The molecule has 0 saturated heterocycles. The van der Waals surface area contributed by atoms with E-state index < -0.39 is 97.5 Å². The molecular formula is C85H162O17P2. The van der Waals surface area contributed by atoms with E-state index in [1.807, 2.05) is 0 Å². The highest BCUT2D eigenvalue weighted by atomic mass is 31.2. The summed E-state index contributed by atoms with van der Waals surface area (Å²) >= 11 is 0. The summed E-state index contributed by atoms with van der Waals surface area (Å²) in [6.07, 6.45) is 70.0. The highest BCUT2D eigenvalue weighted by molar-refractivity contribution is 7.47. The first-order valence-electron chi connectivity index (χ1n) is 43.3. The highest BCUT2D eigenvalue weighted by Gasteiger charge is 2.30. The van der Waals surface area contributed by atoms with Gasteiger partial charge in [-0.05, 0) is 63.2 Å². The Labute approximate surface area is 637 Å². The van der Waals surface area contributed by atoms with Crippen LogP contribution in [0.25, 0.3) is 0 Å². The molecule has 614 valence electrons. The van der Waals surface area contributed by atoms with E-state index in [-0.39, 0.29) is 25.7 Å². The van der Waals surface area contributed by atoms with Crippen LogP contribution in [0, 0.1) is 11.8 Å². The van der Waals surface area contributed by atoms with Crippen LogP contribution in [-0.2, 0) is 65.4 Å². The van der Waals surface area contributed by atoms with Gasteiger partial charge < -0.3 is 33.8 Å². The Bertz CT molecular complexity index is 2090. The zero-order valence-corrected chi connectivity index (χ0v) is 69.6. The molecule has 0 aromatic heterocycles. The number of unbranched alkanes of at least 4 members (excludes halogenated alkanes) is 48. The fraction of sp³-hybridized carbons (Fsp3) is 0.906. The van der Waals surface area contributed by atoms with Gasteiger partial charge in [-0.2, -0.15) is 0 Å². The molecule has 6 atom stereocenters. The Morgan fingerprint density at radius 3 is 0.865 bits per heavy atom. The van der Waals surface area contributed by atoms with Gasteiger partial charge in [-0.1, -0.05) is 374 Å². The molecule has 19 heteroatoms. The third-order valence-corrected chi connectivity index (χ3v) is 21.6. The van der Waals surface area contributed by atoms with Crippen molar-refractivity contribution in [3.63, 3.8) is 0 Å². The third-order valence-electron chi connectivity index (χ3n) is 19.7. The molecule has 0 radical (unpaired) electrons. The van der Waals surface area contributed by atoms with Crippen LogP contribution in [0.1, 0.15) is 427 Å². The number of rotatable bonds is 82. The van der Waals surface area contributed by atoms with Crippen molar-refractivity contribution in [1.29, 1.82) is 0 Å². The SMILES string of the molecule is CCCCCC/C=C\C=C/CCCCCCCC(=O)O[C@H](COC(=O)CCCCCCCCCCCCCCC)COP(=O)(O)OC[C@H](O)COP(=O)(O)OC[C@@H](COC(=O)CCCCCCCCCCCCCCCCC(C)CC)OC(=O)CCCCCCCCCCCCCCCCCC(C)C. The molecule has 0 heterocycles. The van der Waals surface area contributed by atoms with Gasteiger partial charge in [-0.15, -0.1) is 0 Å².